The number of methoxy groups -OCH3 is 1. The van der Waals surface area contributed by atoms with Gasteiger partial charge < -0.3 is 18.6 Å². The van der Waals surface area contributed by atoms with Crippen LogP contribution in [-0.2, 0) is 4.79 Å². The van der Waals surface area contributed by atoms with E-state index >= 15 is 0 Å². The Hall–Kier alpha value is -3.80. The zero-order chi connectivity index (χ0) is 20.0. The van der Waals surface area contributed by atoms with E-state index < -0.39 is 0 Å². The molecule has 1 atom stereocenters. The third-order valence-corrected chi connectivity index (χ3v) is 5.09. The third kappa shape index (κ3) is 2.81. The summed E-state index contributed by atoms with van der Waals surface area (Å²) < 4.78 is 22.3. The monoisotopic (exact) mass is 388 g/mol. The van der Waals surface area contributed by atoms with Crippen LogP contribution in [-0.4, -0.2) is 18.9 Å². The first-order valence-corrected chi connectivity index (χ1v) is 9.14. The molecule has 0 fully saturated rings. The van der Waals surface area contributed by atoms with E-state index in [2.05, 4.69) is 0 Å². The van der Waals surface area contributed by atoms with Crippen LogP contribution in [0.2, 0.25) is 0 Å². The molecule has 0 saturated heterocycles. The highest BCUT2D eigenvalue weighted by Gasteiger charge is 2.39. The van der Waals surface area contributed by atoms with E-state index in [4.69, 9.17) is 18.6 Å². The Labute approximate surface area is 166 Å². The number of para-hydroxylation sites is 1. The first-order valence-electron chi connectivity index (χ1n) is 9.14. The number of allylic oxidation sites excluding steroid dienone is 1. The Morgan fingerprint density at radius 3 is 2.69 bits per heavy atom. The number of benzene rings is 2. The highest BCUT2D eigenvalue weighted by Crippen LogP contribution is 2.49. The van der Waals surface area contributed by atoms with Gasteiger partial charge in [-0.3, -0.25) is 9.59 Å². The molecule has 1 aromatic heterocycles. The quantitative estimate of drug-likeness (QED) is 0.377. The lowest BCUT2D eigenvalue weighted by atomic mass is 9.88. The van der Waals surface area contributed by atoms with Crippen molar-refractivity contribution in [2.45, 2.75) is 12.3 Å². The minimum atomic E-state index is -0.380. The number of ether oxygens (including phenoxy) is 3. The van der Waals surface area contributed by atoms with Crippen LogP contribution in [0.25, 0.3) is 6.08 Å². The van der Waals surface area contributed by atoms with Crippen LogP contribution in [0.3, 0.4) is 0 Å². The number of carbonyl (C=O) groups is 2. The Bertz CT molecular complexity index is 1160. The van der Waals surface area contributed by atoms with Gasteiger partial charge in [0.05, 0.1) is 31.3 Å². The molecule has 29 heavy (non-hydrogen) atoms. The molecule has 144 valence electrons. The lowest BCUT2D eigenvalue weighted by molar-refractivity contribution is -0.135. The fourth-order valence-electron chi connectivity index (χ4n) is 3.77. The van der Waals surface area contributed by atoms with Gasteiger partial charge in [0, 0.05) is 11.1 Å². The average molecular weight is 388 g/mol. The van der Waals surface area contributed by atoms with Gasteiger partial charge in [-0.2, -0.15) is 0 Å². The fourth-order valence-corrected chi connectivity index (χ4v) is 3.77. The van der Waals surface area contributed by atoms with Crippen molar-refractivity contribution in [3.8, 4) is 17.2 Å². The standard InChI is InChI=1S/C23H16O6/c1-26-16-6-3-2-5-13(16)11-19-22(25)14-8-9-18-21(23(14)29-19)15(12-20(24)28-18)17-7-4-10-27-17/h2-11,15H,12H2,1H3. The summed E-state index contributed by atoms with van der Waals surface area (Å²) in [5.41, 5.74) is 1.81. The van der Waals surface area contributed by atoms with Crippen molar-refractivity contribution < 1.29 is 28.2 Å². The topological polar surface area (TPSA) is 75.0 Å². The van der Waals surface area contributed by atoms with Gasteiger partial charge in [0.2, 0.25) is 5.78 Å². The predicted molar refractivity (Wildman–Crippen MR) is 103 cm³/mol. The van der Waals surface area contributed by atoms with E-state index in [-0.39, 0.29) is 29.9 Å². The van der Waals surface area contributed by atoms with Gasteiger partial charge in [-0.15, -0.1) is 0 Å². The summed E-state index contributed by atoms with van der Waals surface area (Å²) in [5, 5.41) is 0. The lowest BCUT2D eigenvalue weighted by Crippen LogP contribution is -2.21. The predicted octanol–water partition coefficient (Wildman–Crippen LogP) is 4.35. The molecule has 0 amide bonds. The highest BCUT2D eigenvalue weighted by atomic mass is 16.5. The molecule has 3 heterocycles. The molecule has 2 aliphatic rings. The van der Waals surface area contributed by atoms with Gasteiger partial charge in [0.1, 0.15) is 23.0 Å². The summed E-state index contributed by atoms with van der Waals surface area (Å²) in [6.45, 7) is 0. The molecule has 5 rings (SSSR count). The van der Waals surface area contributed by atoms with Crippen LogP contribution in [0.15, 0.2) is 65.0 Å². The van der Waals surface area contributed by atoms with Crippen molar-refractivity contribution in [1.29, 1.82) is 0 Å². The number of Topliss-reactive ketones (excluding diaryl/α,β-unsaturated/α-hetero) is 1. The van der Waals surface area contributed by atoms with Gasteiger partial charge >= 0.3 is 5.97 Å². The molecule has 0 N–H and O–H groups in total. The SMILES string of the molecule is COc1ccccc1C=C1Oc2c(ccc3c2C(c2ccco2)CC(=O)O3)C1=O. The summed E-state index contributed by atoms with van der Waals surface area (Å²) in [6.07, 6.45) is 3.32. The number of rotatable bonds is 3. The molecular weight excluding hydrogens is 372 g/mol. The largest absolute Gasteiger partial charge is 0.496 e. The molecule has 0 radical (unpaired) electrons. The maximum Gasteiger partial charge on any atom is 0.312 e. The molecule has 0 saturated carbocycles. The van der Waals surface area contributed by atoms with Gasteiger partial charge in [-0.05, 0) is 36.4 Å². The number of esters is 1. The van der Waals surface area contributed by atoms with Crippen molar-refractivity contribution >= 4 is 17.8 Å². The Morgan fingerprint density at radius 2 is 1.90 bits per heavy atom. The minimum absolute atomic E-state index is 0.111. The Morgan fingerprint density at radius 1 is 1.03 bits per heavy atom. The van der Waals surface area contributed by atoms with Crippen LogP contribution < -0.4 is 14.2 Å². The van der Waals surface area contributed by atoms with E-state index in [1.54, 1.807) is 43.7 Å². The van der Waals surface area contributed by atoms with E-state index in [0.717, 1.165) is 5.56 Å². The van der Waals surface area contributed by atoms with Gasteiger partial charge in [-0.1, -0.05) is 18.2 Å². The normalized spacial score (nSPS) is 18.8. The third-order valence-electron chi connectivity index (χ3n) is 5.09. The maximum absolute atomic E-state index is 13.0. The molecule has 6 heteroatoms. The summed E-state index contributed by atoms with van der Waals surface area (Å²) in [4.78, 5) is 25.1. The van der Waals surface area contributed by atoms with Gasteiger partial charge in [0.15, 0.2) is 5.76 Å². The zero-order valence-corrected chi connectivity index (χ0v) is 15.5. The molecule has 3 aromatic rings. The molecule has 1 unspecified atom stereocenters. The minimum Gasteiger partial charge on any atom is -0.496 e. The van der Waals surface area contributed by atoms with E-state index in [1.165, 1.54) is 0 Å². The molecule has 2 aromatic carbocycles. The fraction of sp³-hybridized carbons (Fsp3) is 0.130. The first kappa shape index (κ1) is 17.3. The Balaban J connectivity index is 1.62. The van der Waals surface area contributed by atoms with Crippen LogP contribution in [0.4, 0.5) is 0 Å². The van der Waals surface area contributed by atoms with Crippen LogP contribution in [0.5, 0.6) is 17.2 Å². The summed E-state index contributed by atoms with van der Waals surface area (Å²) in [6, 6.07) is 14.2. The summed E-state index contributed by atoms with van der Waals surface area (Å²) in [7, 11) is 1.57. The number of carbonyl (C=O) groups excluding carboxylic acids is 2. The summed E-state index contributed by atoms with van der Waals surface area (Å²) in [5.74, 6) is 1.26. The number of hydrogen-bond donors (Lipinski definition) is 0. The zero-order valence-electron chi connectivity index (χ0n) is 15.5. The molecule has 0 bridgehead atoms. The second kappa shape index (κ2) is 6.67. The lowest BCUT2D eigenvalue weighted by Gasteiger charge is -2.24. The van der Waals surface area contributed by atoms with Crippen LogP contribution in [0.1, 0.15) is 39.6 Å². The van der Waals surface area contributed by atoms with Crippen molar-refractivity contribution in [2.24, 2.45) is 0 Å². The molecular formula is C23H16O6. The first-order chi connectivity index (χ1) is 14.2. The number of fused-ring (bicyclic) bond motifs is 3. The smallest absolute Gasteiger partial charge is 0.312 e. The molecule has 2 aliphatic heterocycles. The molecule has 6 nitrogen and oxygen atoms in total. The second-order valence-corrected chi connectivity index (χ2v) is 6.78. The number of hydrogen-bond acceptors (Lipinski definition) is 6. The second-order valence-electron chi connectivity index (χ2n) is 6.78. The van der Waals surface area contributed by atoms with E-state index in [1.807, 2.05) is 24.3 Å². The average Bonchev–Trinajstić information content (AvgIpc) is 3.37. The Kier molecular flexibility index (Phi) is 3.98. The van der Waals surface area contributed by atoms with Gasteiger partial charge in [0.25, 0.3) is 0 Å². The van der Waals surface area contributed by atoms with Crippen LogP contribution >= 0.6 is 0 Å². The number of furan rings is 1. The van der Waals surface area contributed by atoms with E-state index in [9.17, 15) is 9.59 Å². The van der Waals surface area contributed by atoms with E-state index in [0.29, 0.717) is 34.1 Å². The maximum atomic E-state index is 13.0. The van der Waals surface area contributed by atoms with Crippen molar-refractivity contribution in [1.82, 2.24) is 0 Å². The van der Waals surface area contributed by atoms with Crippen LogP contribution in [0, 0.1) is 0 Å². The molecule has 0 spiro atoms. The summed E-state index contributed by atoms with van der Waals surface area (Å²) >= 11 is 0. The van der Waals surface area contributed by atoms with Crippen molar-refractivity contribution in [3.63, 3.8) is 0 Å². The number of ketones is 1. The molecule has 0 aliphatic carbocycles. The highest BCUT2D eigenvalue weighted by molar-refractivity contribution is 6.15. The van der Waals surface area contributed by atoms with Crippen molar-refractivity contribution in [2.75, 3.05) is 7.11 Å². The van der Waals surface area contributed by atoms with Crippen molar-refractivity contribution in [3.05, 3.63) is 83.0 Å². The van der Waals surface area contributed by atoms with Gasteiger partial charge in [-0.25, -0.2) is 0 Å².